The van der Waals surface area contributed by atoms with E-state index in [9.17, 15) is 4.79 Å². The fourth-order valence-electron chi connectivity index (χ4n) is 2.45. The van der Waals surface area contributed by atoms with Gasteiger partial charge in [0.1, 0.15) is 17.1 Å². The monoisotopic (exact) mass is 279 g/mol. The van der Waals surface area contributed by atoms with Crippen LogP contribution in [0.3, 0.4) is 0 Å². The summed E-state index contributed by atoms with van der Waals surface area (Å²) in [7, 11) is 0. The van der Waals surface area contributed by atoms with Crippen LogP contribution in [0.15, 0.2) is 63.0 Å². The number of fused-ring (bicyclic) bond motifs is 1. The lowest BCUT2D eigenvalue weighted by Gasteiger charge is -2.37. The lowest BCUT2D eigenvalue weighted by molar-refractivity contribution is -0.129. The number of hydrogen-bond donors (Lipinski definition) is 1. The van der Waals surface area contributed by atoms with E-state index < -0.39 is 11.7 Å². The second-order valence-corrected chi connectivity index (χ2v) is 4.69. The smallest absolute Gasteiger partial charge is 0.373 e. The van der Waals surface area contributed by atoms with Gasteiger partial charge in [-0.05, 0) is 18.2 Å². The molecular weight excluding hydrogens is 270 g/mol. The van der Waals surface area contributed by atoms with Gasteiger partial charge < -0.3 is 9.84 Å². The number of nitrogens with zero attached hydrogens (tertiary/aromatic N) is 3. The SMILES string of the molecule is O=C(O)C1=NC23Oc4ccccc4N=C2C=CC=C3C=N1. The summed E-state index contributed by atoms with van der Waals surface area (Å²) >= 11 is 0. The molecule has 0 amide bonds. The number of carbonyl (C=O) groups is 1. The van der Waals surface area contributed by atoms with Gasteiger partial charge in [-0.15, -0.1) is 0 Å². The van der Waals surface area contributed by atoms with Crippen molar-refractivity contribution in [2.24, 2.45) is 15.0 Å². The highest BCUT2D eigenvalue weighted by atomic mass is 16.5. The normalized spacial score (nSPS) is 24.7. The number of hydrogen-bond acceptors (Lipinski definition) is 5. The van der Waals surface area contributed by atoms with Crippen LogP contribution in [0.25, 0.3) is 0 Å². The minimum Gasteiger partial charge on any atom is -0.475 e. The highest BCUT2D eigenvalue weighted by molar-refractivity contribution is 6.38. The highest BCUT2D eigenvalue weighted by Gasteiger charge is 2.47. The van der Waals surface area contributed by atoms with E-state index in [0.717, 1.165) is 0 Å². The Hall–Kier alpha value is -3.02. The second-order valence-electron chi connectivity index (χ2n) is 4.69. The number of para-hydroxylation sites is 2. The van der Waals surface area contributed by atoms with Gasteiger partial charge in [0.25, 0.3) is 5.72 Å². The predicted molar refractivity (Wildman–Crippen MR) is 77.7 cm³/mol. The van der Waals surface area contributed by atoms with Crippen molar-refractivity contribution in [2.45, 2.75) is 5.72 Å². The number of rotatable bonds is 1. The number of aliphatic carboxylic acids is 1. The molecule has 1 atom stereocenters. The molecular formula is C15H9N3O3. The minimum absolute atomic E-state index is 0.297. The molecule has 1 N–H and O–H groups in total. The fourth-order valence-corrected chi connectivity index (χ4v) is 2.45. The molecule has 0 saturated carbocycles. The zero-order valence-corrected chi connectivity index (χ0v) is 10.7. The van der Waals surface area contributed by atoms with Gasteiger partial charge in [0, 0.05) is 11.8 Å². The van der Waals surface area contributed by atoms with Crippen LogP contribution >= 0.6 is 0 Å². The van der Waals surface area contributed by atoms with Gasteiger partial charge >= 0.3 is 5.97 Å². The zero-order chi connectivity index (χ0) is 14.4. The van der Waals surface area contributed by atoms with Crippen LogP contribution in [0.4, 0.5) is 5.69 Å². The van der Waals surface area contributed by atoms with Crippen molar-refractivity contribution in [3.63, 3.8) is 0 Å². The summed E-state index contributed by atoms with van der Waals surface area (Å²) < 4.78 is 6.02. The standard InChI is InChI=1S/C15H9N3O3/c19-14(20)13-16-8-9-4-3-7-12-15(9,18-13)21-11-6-2-1-5-10(11)17-12/h1-8H,(H,19,20). The Labute approximate surface area is 119 Å². The summed E-state index contributed by atoms with van der Waals surface area (Å²) in [6.45, 7) is 0. The molecule has 2 heterocycles. The van der Waals surface area contributed by atoms with Crippen LogP contribution in [0.2, 0.25) is 0 Å². The van der Waals surface area contributed by atoms with E-state index in [1.54, 1.807) is 18.2 Å². The molecule has 6 heteroatoms. The van der Waals surface area contributed by atoms with Crippen molar-refractivity contribution < 1.29 is 14.6 Å². The summed E-state index contributed by atoms with van der Waals surface area (Å²) in [5.74, 6) is -0.934. The lowest BCUT2D eigenvalue weighted by atomic mass is 9.91. The number of allylic oxidation sites excluding steroid dienone is 2. The molecule has 6 nitrogen and oxygen atoms in total. The van der Waals surface area contributed by atoms with Crippen molar-refractivity contribution in [3.8, 4) is 5.75 Å². The summed E-state index contributed by atoms with van der Waals surface area (Å²) in [5.41, 5.74) is 0.643. The minimum atomic E-state index is -1.25. The second kappa shape index (κ2) is 3.99. The maximum absolute atomic E-state index is 11.2. The van der Waals surface area contributed by atoms with Crippen LogP contribution in [0.5, 0.6) is 5.75 Å². The molecule has 0 bridgehead atoms. The first-order valence-electron chi connectivity index (χ1n) is 6.32. The predicted octanol–water partition coefficient (Wildman–Crippen LogP) is 1.91. The number of amidine groups is 1. The van der Waals surface area contributed by atoms with Gasteiger partial charge in [-0.3, -0.25) is 0 Å². The Bertz CT molecular complexity index is 817. The molecule has 102 valence electrons. The van der Waals surface area contributed by atoms with Gasteiger partial charge in [0.2, 0.25) is 5.84 Å². The third-order valence-electron chi connectivity index (χ3n) is 3.41. The first-order valence-corrected chi connectivity index (χ1v) is 6.32. The first-order chi connectivity index (χ1) is 10.2. The molecule has 1 aromatic carbocycles. The van der Waals surface area contributed by atoms with Gasteiger partial charge in [-0.25, -0.2) is 19.8 Å². The van der Waals surface area contributed by atoms with E-state index in [1.807, 2.05) is 24.3 Å². The van der Waals surface area contributed by atoms with Crippen LogP contribution in [-0.2, 0) is 4.79 Å². The zero-order valence-electron chi connectivity index (χ0n) is 10.7. The molecule has 21 heavy (non-hydrogen) atoms. The Morgan fingerprint density at radius 2 is 2.14 bits per heavy atom. The maximum atomic E-state index is 11.2. The Balaban J connectivity index is 1.95. The third kappa shape index (κ3) is 1.59. The largest absolute Gasteiger partial charge is 0.475 e. The van der Waals surface area contributed by atoms with Gasteiger partial charge in [-0.1, -0.05) is 24.3 Å². The summed E-state index contributed by atoms with van der Waals surface area (Å²) in [4.78, 5) is 23.8. The van der Waals surface area contributed by atoms with Crippen LogP contribution in [-0.4, -0.2) is 34.6 Å². The molecule has 0 aromatic heterocycles. The molecule has 1 spiro atoms. The van der Waals surface area contributed by atoms with Crippen molar-refractivity contribution in [2.75, 3.05) is 0 Å². The topological polar surface area (TPSA) is 83.6 Å². The molecule has 1 aliphatic carbocycles. The Kier molecular flexibility index (Phi) is 2.24. The molecule has 1 unspecified atom stereocenters. The van der Waals surface area contributed by atoms with E-state index in [4.69, 9.17) is 9.84 Å². The summed E-state index contributed by atoms with van der Waals surface area (Å²) in [6, 6.07) is 7.31. The quantitative estimate of drug-likeness (QED) is 0.852. The van der Waals surface area contributed by atoms with Crippen LogP contribution in [0.1, 0.15) is 0 Å². The highest BCUT2D eigenvalue weighted by Crippen LogP contribution is 2.41. The fraction of sp³-hybridized carbons (Fsp3) is 0.0667. The van der Waals surface area contributed by atoms with Crippen molar-refractivity contribution in [1.29, 1.82) is 0 Å². The molecule has 1 aromatic rings. The van der Waals surface area contributed by atoms with Crippen LogP contribution in [0, 0.1) is 0 Å². The van der Waals surface area contributed by atoms with Gasteiger partial charge in [-0.2, -0.15) is 0 Å². The molecule has 0 radical (unpaired) electrons. The number of aliphatic imine (C=N–C) groups is 3. The van der Waals surface area contributed by atoms with E-state index in [-0.39, 0.29) is 5.84 Å². The maximum Gasteiger partial charge on any atom is 0.373 e. The average Bonchev–Trinajstić information content (AvgIpc) is 2.50. The number of carboxylic acid groups (broad SMARTS) is 1. The van der Waals surface area contributed by atoms with Gasteiger partial charge in [0.15, 0.2) is 0 Å². The van der Waals surface area contributed by atoms with E-state index in [2.05, 4.69) is 15.0 Å². The van der Waals surface area contributed by atoms with Crippen molar-refractivity contribution >= 4 is 29.4 Å². The van der Waals surface area contributed by atoms with Crippen molar-refractivity contribution in [1.82, 2.24) is 0 Å². The molecule has 3 aliphatic rings. The number of carboxylic acids is 1. The first kappa shape index (κ1) is 11.8. The van der Waals surface area contributed by atoms with E-state index in [0.29, 0.717) is 22.7 Å². The van der Waals surface area contributed by atoms with E-state index in [1.165, 1.54) is 6.21 Å². The third-order valence-corrected chi connectivity index (χ3v) is 3.41. The van der Waals surface area contributed by atoms with E-state index >= 15 is 0 Å². The van der Waals surface area contributed by atoms with Crippen LogP contribution < -0.4 is 4.74 Å². The lowest BCUT2D eigenvalue weighted by Crippen LogP contribution is -2.49. The number of ether oxygens (including phenoxy) is 1. The molecule has 4 rings (SSSR count). The van der Waals surface area contributed by atoms with Gasteiger partial charge in [0.05, 0.1) is 0 Å². The summed E-state index contributed by atoms with van der Waals surface area (Å²) in [5, 5.41) is 9.13. The Morgan fingerprint density at radius 1 is 1.29 bits per heavy atom. The number of benzene rings is 1. The summed E-state index contributed by atoms with van der Waals surface area (Å²) in [6.07, 6.45) is 6.83. The average molecular weight is 279 g/mol. The molecule has 0 saturated heterocycles. The Morgan fingerprint density at radius 3 is 3.00 bits per heavy atom. The molecule has 0 fully saturated rings. The molecule has 2 aliphatic heterocycles. The van der Waals surface area contributed by atoms with Crippen molar-refractivity contribution in [3.05, 3.63) is 48.1 Å².